The summed E-state index contributed by atoms with van der Waals surface area (Å²) in [6, 6.07) is 17.1. The molecule has 0 bridgehead atoms. The van der Waals surface area contributed by atoms with Crippen molar-refractivity contribution in [3.05, 3.63) is 65.7 Å². The molecule has 0 spiro atoms. The van der Waals surface area contributed by atoms with Crippen LogP contribution in [0.1, 0.15) is 29.8 Å². The van der Waals surface area contributed by atoms with E-state index >= 15 is 0 Å². The number of nitrogens with one attached hydrogen (secondary N) is 2. The Labute approximate surface area is 148 Å². The molecule has 0 fully saturated rings. The van der Waals surface area contributed by atoms with E-state index in [1.54, 1.807) is 12.1 Å². The van der Waals surface area contributed by atoms with Crippen LogP contribution in [0.2, 0.25) is 0 Å². The van der Waals surface area contributed by atoms with Crippen molar-refractivity contribution < 1.29 is 4.79 Å². The van der Waals surface area contributed by atoms with Gasteiger partial charge in [-0.1, -0.05) is 44.2 Å². The lowest BCUT2D eigenvalue weighted by Crippen LogP contribution is -2.34. The van der Waals surface area contributed by atoms with Crippen LogP contribution >= 0.6 is 12.2 Å². The highest BCUT2D eigenvalue weighted by molar-refractivity contribution is 7.80. The molecule has 2 N–H and O–H groups in total. The smallest absolute Gasteiger partial charge is 0.257 e. The number of anilines is 1. The van der Waals surface area contributed by atoms with Crippen LogP contribution < -0.4 is 10.6 Å². The zero-order valence-electron chi connectivity index (χ0n) is 14.1. The summed E-state index contributed by atoms with van der Waals surface area (Å²) in [6.07, 6.45) is 0. The third kappa shape index (κ3) is 5.44. The topological polar surface area (TPSA) is 44.4 Å². The fourth-order valence-electron chi connectivity index (χ4n) is 2.33. The second kappa shape index (κ2) is 9.15. The first kappa shape index (κ1) is 18.1. The van der Waals surface area contributed by atoms with E-state index in [1.165, 1.54) is 5.56 Å². The number of nitrogens with zero attached hydrogens (tertiary/aromatic N) is 1. The number of hydrogen-bond donors (Lipinski definition) is 2. The average molecular weight is 341 g/mol. The molecule has 2 aromatic rings. The first-order valence-corrected chi connectivity index (χ1v) is 8.51. The number of carbonyl (C=O) groups is 1. The van der Waals surface area contributed by atoms with Crippen LogP contribution in [-0.2, 0) is 6.54 Å². The van der Waals surface area contributed by atoms with E-state index in [4.69, 9.17) is 12.2 Å². The van der Waals surface area contributed by atoms with E-state index in [2.05, 4.69) is 41.5 Å². The molecule has 0 unspecified atom stereocenters. The maximum Gasteiger partial charge on any atom is 0.257 e. The number of amides is 1. The monoisotopic (exact) mass is 341 g/mol. The molecule has 0 atom stereocenters. The summed E-state index contributed by atoms with van der Waals surface area (Å²) in [5.74, 6) is -0.216. The van der Waals surface area contributed by atoms with Crippen LogP contribution in [0.3, 0.4) is 0 Å². The van der Waals surface area contributed by atoms with Crippen molar-refractivity contribution in [1.82, 2.24) is 10.2 Å². The van der Waals surface area contributed by atoms with Crippen LogP contribution in [0.5, 0.6) is 0 Å². The van der Waals surface area contributed by atoms with E-state index in [1.807, 2.05) is 30.3 Å². The molecule has 0 saturated heterocycles. The van der Waals surface area contributed by atoms with Gasteiger partial charge < -0.3 is 5.32 Å². The molecular formula is C19H23N3OS. The standard InChI is InChI=1S/C19H23N3OS/c1-3-22(4-2)14-15-10-12-17(13-11-15)20-19(24)21-18(23)16-8-6-5-7-9-16/h5-13H,3-4,14H2,1-2H3,(H2,20,21,23,24). The maximum atomic E-state index is 12.0. The average Bonchev–Trinajstić information content (AvgIpc) is 2.61. The Balaban J connectivity index is 1.89. The highest BCUT2D eigenvalue weighted by Crippen LogP contribution is 2.11. The Morgan fingerprint density at radius 1 is 1.00 bits per heavy atom. The quantitative estimate of drug-likeness (QED) is 0.787. The first-order valence-electron chi connectivity index (χ1n) is 8.11. The molecule has 5 heteroatoms. The van der Waals surface area contributed by atoms with Crippen molar-refractivity contribution in [2.45, 2.75) is 20.4 Å². The van der Waals surface area contributed by atoms with Gasteiger partial charge in [0.2, 0.25) is 0 Å². The van der Waals surface area contributed by atoms with E-state index in [0.717, 1.165) is 25.3 Å². The molecule has 24 heavy (non-hydrogen) atoms. The molecule has 0 heterocycles. The molecule has 0 aliphatic heterocycles. The normalized spacial score (nSPS) is 10.5. The molecule has 2 rings (SSSR count). The van der Waals surface area contributed by atoms with Crippen molar-refractivity contribution >= 4 is 28.9 Å². The summed E-state index contributed by atoms with van der Waals surface area (Å²) < 4.78 is 0. The Bertz CT molecular complexity index is 667. The Hall–Kier alpha value is -2.24. The Morgan fingerprint density at radius 3 is 2.21 bits per heavy atom. The van der Waals surface area contributed by atoms with Gasteiger partial charge in [0.1, 0.15) is 0 Å². The number of benzene rings is 2. The number of thiocarbonyl (C=S) groups is 1. The van der Waals surface area contributed by atoms with Crippen molar-refractivity contribution in [2.24, 2.45) is 0 Å². The third-order valence-electron chi connectivity index (χ3n) is 3.78. The highest BCUT2D eigenvalue weighted by Gasteiger charge is 2.07. The lowest BCUT2D eigenvalue weighted by molar-refractivity contribution is 0.0977. The highest BCUT2D eigenvalue weighted by atomic mass is 32.1. The number of hydrogen-bond acceptors (Lipinski definition) is 3. The Morgan fingerprint density at radius 2 is 1.62 bits per heavy atom. The second-order valence-corrected chi connectivity index (χ2v) is 5.84. The van der Waals surface area contributed by atoms with Crippen molar-refractivity contribution in [1.29, 1.82) is 0 Å². The molecule has 126 valence electrons. The van der Waals surface area contributed by atoms with Crippen molar-refractivity contribution in [2.75, 3.05) is 18.4 Å². The minimum Gasteiger partial charge on any atom is -0.332 e. The van der Waals surface area contributed by atoms with Gasteiger partial charge in [0, 0.05) is 17.8 Å². The second-order valence-electron chi connectivity index (χ2n) is 5.43. The minimum absolute atomic E-state index is 0.216. The van der Waals surface area contributed by atoms with Crippen LogP contribution in [0.25, 0.3) is 0 Å². The first-order chi connectivity index (χ1) is 11.6. The summed E-state index contributed by atoms with van der Waals surface area (Å²) in [5.41, 5.74) is 2.69. The van der Waals surface area contributed by atoms with Gasteiger partial charge in [0.05, 0.1) is 0 Å². The van der Waals surface area contributed by atoms with Gasteiger partial charge in [-0.2, -0.15) is 0 Å². The summed E-state index contributed by atoms with van der Waals surface area (Å²) >= 11 is 5.20. The van der Waals surface area contributed by atoms with Crippen LogP contribution in [0.4, 0.5) is 5.69 Å². The molecule has 0 saturated carbocycles. The van der Waals surface area contributed by atoms with E-state index < -0.39 is 0 Å². The lowest BCUT2D eigenvalue weighted by atomic mass is 10.2. The van der Waals surface area contributed by atoms with Crippen molar-refractivity contribution in [3.63, 3.8) is 0 Å². The van der Waals surface area contributed by atoms with Gasteiger partial charge in [-0.25, -0.2) is 0 Å². The van der Waals surface area contributed by atoms with Crippen molar-refractivity contribution in [3.8, 4) is 0 Å². The van der Waals surface area contributed by atoms with Gasteiger partial charge in [-0.3, -0.25) is 15.0 Å². The van der Waals surface area contributed by atoms with Gasteiger partial charge in [0.15, 0.2) is 5.11 Å². The SMILES string of the molecule is CCN(CC)Cc1ccc(NC(=S)NC(=O)c2ccccc2)cc1. The predicted molar refractivity (Wildman–Crippen MR) is 103 cm³/mol. The van der Waals surface area contributed by atoms with Gasteiger partial charge >= 0.3 is 0 Å². The summed E-state index contributed by atoms with van der Waals surface area (Å²) in [6.45, 7) is 7.32. The van der Waals surface area contributed by atoms with E-state index in [0.29, 0.717) is 10.7 Å². The largest absolute Gasteiger partial charge is 0.332 e. The van der Waals surface area contributed by atoms with Gasteiger partial charge in [-0.15, -0.1) is 0 Å². The summed E-state index contributed by atoms with van der Waals surface area (Å²) in [5, 5.41) is 6.01. The van der Waals surface area contributed by atoms with Crippen LogP contribution in [0.15, 0.2) is 54.6 Å². The molecule has 1 amide bonds. The molecular weight excluding hydrogens is 318 g/mol. The molecule has 0 aromatic heterocycles. The van der Waals surface area contributed by atoms with Crippen LogP contribution in [-0.4, -0.2) is 29.0 Å². The van der Waals surface area contributed by atoms with Crippen LogP contribution in [0, 0.1) is 0 Å². The predicted octanol–water partition coefficient (Wildman–Crippen LogP) is 3.66. The fraction of sp³-hybridized carbons (Fsp3) is 0.263. The number of carbonyl (C=O) groups excluding carboxylic acids is 1. The lowest BCUT2D eigenvalue weighted by Gasteiger charge is -2.18. The molecule has 2 aromatic carbocycles. The molecule has 4 nitrogen and oxygen atoms in total. The molecule has 0 aliphatic rings. The van der Waals surface area contributed by atoms with E-state index in [9.17, 15) is 4.79 Å². The van der Waals surface area contributed by atoms with Gasteiger partial charge in [-0.05, 0) is 55.1 Å². The molecule has 0 aliphatic carbocycles. The Kier molecular flexibility index (Phi) is 6.90. The zero-order valence-corrected chi connectivity index (χ0v) is 14.9. The zero-order chi connectivity index (χ0) is 17.4. The van der Waals surface area contributed by atoms with Gasteiger partial charge in [0.25, 0.3) is 5.91 Å². The number of rotatable bonds is 6. The third-order valence-corrected chi connectivity index (χ3v) is 3.98. The summed E-state index contributed by atoms with van der Waals surface area (Å²) in [4.78, 5) is 14.4. The molecule has 0 radical (unpaired) electrons. The summed E-state index contributed by atoms with van der Waals surface area (Å²) in [7, 11) is 0. The minimum atomic E-state index is -0.216. The maximum absolute atomic E-state index is 12.0. The van der Waals surface area contributed by atoms with E-state index in [-0.39, 0.29) is 5.91 Å². The fourth-order valence-corrected chi connectivity index (χ4v) is 2.54.